The van der Waals surface area contributed by atoms with E-state index >= 15 is 0 Å². The van der Waals surface area contributed by atoms with Gasteiger partial charge in [-0.1, -0.05) is 12.1 Å². The maximum atomic E-state index is 11.6. The van der Waals surface area contributed by atoms with Crippen LogP contribution in [0.1, 0.15) is 12.5 Å². The van der Waals surface area contributed by atoms with Crippen molar-refractivity contribution in [3.05, 3.63) is 29.8 Å². The zero-order chi connectivity index (χ0) is 13.0. The summed E-state index contributed by atoms with van der Waals surface area (Å²) in [4.78, 5) is 22.4. The van der Waals surface area contributed by atoms with E-state index in [4.69, 9.17) is 0 Å². The molecule has 0 atom stereocenters. The minimum atomic E-state index is -0.0272. The molecule has 1 aliphatic heterocycles. The summed E-state index contributed by atoms with van der Waals surface area (Å²) in [5.41, 5.74) is 1.97. The van der Waals surface area contributed by atoms with Crippen molar-refractivity contribution in [2.45, 2.75) is 13.3 Å². The molecule has 2 N–H and O–H groups in total. The van der Waals surface area contributed by atoms with Crippen molar-refractivity contribution in [2.24, 2.45) is 0 Å². The van der Waals surface area contributed by atoms with Crippen LogP contribution in [-0.4, -0.2) is 24.9 Å². The Morgan fingerprint density at radius 3 is 3.06 bits per heavy atom. The molecule has 0 unspecified atom stereocenters. The highest BCUT2D eigenvalue weighted by Gasteiger charge is 2.22. The summed E-state index contributed by atoms with van der Waals surface area (Å²) in [6.07, 6.45) is 0.757. The average molecular weight is 265 g/mol. The van der Waals surface area contributed by atoms with Crippen molar-refractivity contribution in [1.29, 1.82) is 0 Å². The zero-order valence-electron chi connectivity index (χ0n) is 10.1. The van der Waals surface area contributed by atoms with Crippen molar-refractivity contribution in [3.63, 3.8) is 0 Å². The topological polar surface area (TPSA) is 61.4 Å². The van der Waals surface area contributed by atoms with Crippen LogP contribution in [0.5, 0.6) is 0 Å². The van der Waals surface area contributed by atoms with Crippen LogP contribution in [-0.2, 0) is 16.0 Å². The lowest BCUT2D eigenvalue weighted by atomic mass is 10.1. The lowest BCUT2D eigenvalue weighted by Crippen LogP contribution is -2.22. The molecule has 1 aromatic rings. The molecule has 5 nitrogen and oxygen atoms in total. The smallest absolute Gasteiger partial charge is 0.252 e. The van der Waals surface area contributed by atoms with Gasteiger partial charge in [-0.25, -0.2) is 9.03 Å². The Morgan fingerprint density at radius 1 is 1.56 bits per heavy atom. The lowest BCUT2D eigenvalue weighted by molar-refractivity contribution is -0.119. The van der Waals surface area contributed by atoms with Gasteiger partial charge in [0.25, 0.3) is 5.91 Å². The highest BCUT2D eigenvalue weighted by molar-refractivity contribution is 8.00. The summed E-state index contributed by atoms with van der Waals surface area (Å²) in [5, 5.41) is 2.75. The number of nitrogens with zero attached hydrogens (tertiary/aromatic N) is 1. The second kappa shape index (κ2) is 5.88. The van der Waals surface area contributed by atoms with E-state index in [0.717, 1.165) is 17.7 Å². The van der Waals surface area contributed by atoms with Crippen LogP contribution in [0.3, 0.4) is 0 Å². The third-order valence-electron chi connectivity index (χ3n) is 2.54. The fourth-order valence-corrected chi connectivity index (χ4v) is 2.40. The highest BCUT2D eigenvalue weighted by Crippen LogP contribution is 2.25. The molecule has 1 saturated heterocycles. The van der Waals surface area contributed by atoms with Crippen molar-refractivity contribution in [2.75, 3.05) is 17.4 Å². The zero-order valence-corrected chi connectivity index (χ0v) is 10.9. The van der Waals surface area contributed by atoms with Crippen LogP contribution >= 0.6 is 12.1 Å². The summed E-state index contributed by atoms with van der Waals surface area (Å²) in [6.45, 7) is 2.47. The standard InChI is InChI=1S/C12H15N3O2S/c1-9(16)13-6-5-10-3-2-4-11(7-10)15-12(17)8-14-18-15/h2-4,7,14H,5-6,8H2,1H3,(H,13,16). The van der Waals surface area contributed by atoms with Gasteiger partial charge in [-0.05, 0) is 24.1 Å². The maximum Gasteiger partial charge on any atom is 0.252 e. The number of rotatable bonds is 4. The highest BCUT2D eigenvalue weighted by atomic mass is 32.2. The van der Waals surface area contributed by atoms with Gasteiger partial charge < -0.3 is 5.32 Å². The number of hydrogen-bond acceptors (Lipinski definition) is 4. The van der Waals surface area contributed by atoms with E-state index in [1.807, 2.05) is 24.3 Å². The van der Waals surface area contributed by atoms with Gasteiger partial charge in [-0.15, -0.1) is 0 Å². The number of hydrogen-bond donors (Lipinski definition) is 2. The monoisotopic (exact) mass is 265 g/mol. The number of carbonyl (C=O) groups excluding carboxylic acids is 2. The average Bonchev–Trinajstić information content (AvgIpc) is 2.75. The predicted octanol–water partition coefficient (Wildman–Crippen LogP) is 0.865. The number of amides is 2. The molecule has 1 aliphatic rings. The van der Waals surface area contributed by atoms with E-state index in [9.17, 15) is 9.59 Å². The number of anilines is 1. The number of carbonyl (C=O) groups is 2. The molecular weight excluding hydrogens is 250 g/mol. The van der Waals surface area contributed by atoms with E-state index in [1.165, 1.54) is 19.1 Å². The second-order valence-electron chi connectivity index (χ2n) is 4.00. The first-order valence-electron chi connectivity index (χ1n) is 5.73. The largest absolute Gasteiger partial charge is 0.356 e. The molecule has 1 heterocycles. The first-order valence-corrected chi connectivity index (χ1v) is 6.50. The summed E-state index contributed by atoms with van der Waals surface area (Å²) in [5.74, 6) is 0.0274. The second-order valence-corrected chi connectivity index (χ2v) is 4.84. The Labute approximate surface area is 110 Å². The molecule has 1 aromatic carbocycles. The predicted molar refractivity (Wildman–Crippen MR) is 71.9 cm³/mol. The Morgan fingerprint density at radius 2 is 2.39 bits per heavy atom. The van der Waals surface area contributed by atoms with Gasteiger partial charge in [0.15, 0.2) is 0 Å². The summed E-state index contributed by atoms with van der Waals surface area (Å²) in [7, 11) is 0. The van der Waals surface area contributed by atoms with Gasteiger partial charge in [-0.3, -0.25) is 9.59 Å². The van der Waals surface area contributed by atoms with Crippen molar-refractivity contribution in [3.8, 4) is 0 Å². The van der Waals surface area contributed by atoms with E-state index in [1.54, 1.807) is 4.31 Å². The van der Waals surface area contributed by atoms with Gasteiger partial charge in [0, 0.05) is 25.6 Å². The molecule has 0 bridgehead atoms. The summed E-state index contributed by atoms with van der Waals surface area (Å²) < 4.78 is 4.57. The maximum absolute atomic E-state index is 11.6. The third kappa shape index (κ3) is 3.24. The molecule has 1 fully saturated rings. The molecule has 2 rings (SSSR count). The van der Waals surface area contributed by atoms with Gasteiger partial charge in [0.05, 0.1) is 12.2 Å². The molecule has 0 saturated carbocycles. The first-order chi connectivity index (χ1) is 8.66. The Balaban J connectivity index is 2.00. The fourth-order valence-electron chi connectivity index (χ4n) is 1.70. The Kier molecular flexibility index (Phi) is 4.22. The SMILES string of the molecule is CC(=O)NCCc1cccc(N2SNCC2=O)c1. The third-order valence-corrected chi connectivity index (χ3v) is 3.41. The van der Waals surface area contributed by atoms with Crippen LogP contribution in [0.4, 0.5) is 5.69 Å². The van der Waals surface area contributed by atoms with Gasteiger partial charge in [0.2, 0.25) is 5.91 Å². The van der Waals surface area contributed by atoms with Crippen molar-refractivity contribution in [1.82, 2.24) is 10.0 Å². The normalized spacial score (nSPS) is 14.9. The molecule has 0 radical (unpaired) electrons. The van der Waals surface area contributed by atoms with E-state index in [0.29, 0.717) is 13.1 Å². The van der Waals surface area contributed by atoms with Gasteiger partial charge in [-0.2, -0.15) is 0 Å². The van der Waals surface area contributed by atoms with E-state index < -0.39 is 0 Å². The lowest BCUT2D eigenvalue weighted by Gasteiger charge is -2.13. The summed E-state index contributed by atoms with van der Waals surface area (Å²) >= 11 is 1.31. The molecule has 18 heavy (non-hydrogen) atoms. The molecule has 6 heteroatoms. The van der Waals surface area contributed by atoms with Crippen LogP contribution < -0.4 is 14.3 Å². The molecular formula is C12H15N3O2S. The first kappa shape index (κ1) is 12.9. The number of benzene rings is 1. The van der Waals surface area contributed by atoms with Crippen molar-refractivity contribution < 1.29 is 9.59 Å². The van der Waals surface area contributed by atoms with Crippen LogP contribution in [0.25, 0.3) is 0 Å². The van der Waals surface area contributed by atoms with Gasteiger partial charge in [0.1, 0.15) is 0 Å². The minimum Gasteiger partial charge on any atom is -0.356 e. The Bertz CT molecular complexity index is 464. The molecule has 0 spiro atoms. The van der Waals surface area contributed by atoms with Crippen LogP contribution in [0.15, 0.2) is 24.3 Å². The number of nitrogens with one attached hydrogen (secondary N) is 2. The van der Waals surface area contributed by atoms with E-state index in [-0.39, 0.29) is 11.8 Å². The van der Waals surface area contributed by atoms with E-state index in [2.05, 4.69) is 10.0 Å². The molecule has 96 valence electrons. The molecule has 2 amide bonds. The minimum absolute atomic E-state index is 0.0272. The van der Waals surface area contributed by atoms with Crippen LogP contribution in [0, 0.1) is 0 Å². The summed E-state index contributed by atoms with van der Waals surface area (Å²) in [6, 6.07) is 7.79. The van der Waals surface area contributed by atoms with Crippen LogP contribution in [0.2, 0.25) is 0 Å². The molecule has 0 aromatic heterocycles. The Hall–Kier alpha value is -1.53. The fraction of sp³-hybridized carbons (Fsp3) is 0.333. The quantitative estimate of drug-likeness (QED) is 0.793. The van der Waals surface area contributed by atoms with Gasteiger partial charge >= 0.3 is 0 Å². The van der Waals surface area contributed by atoms with Crippen molar-refractivity contribution >= 4 is 29.6 Å². The molecule has 0 aliphatic carbocycles.